The summed E-state index contributed by atoms with van der Waals surface area (Å²) in [6.45, 7) is 4.50. The van der Waals surface area contributed by atoms with Crippen molar-refractivity contribution >= 4 is 13.7 Å². The predicted molar refractivity (Wildman–Crippen MR) is 306 cm³/mol. The lowest BCUT2D eigenvalue weighted by Crippen LogP contribution is -2.45. The fourth-order valence-corrected chi connectivity index (χ4v) is 8.70. The summed E-state index contributed by atoms with van der Waals surface area (Å²) in [6, 6.07) is -0.915. The number of quaternary nitrogens is 1. The maximum Gasteiger partial charge on any atom is 0.268 e. The van der Waals surface area contributed by atoms with Crippen LogP contribution < -0.4 is 10.2 Å². The number of unbranched alkanes of at least 4 members (excludes halogenated alkanes) is 25. The molecule has 0 fully saturated rings. The number of nitrogens with one attached hydrogen (secondary N) is 1. The Bertz CT molecular complexity index is 1470. The first-order chi connectivity index (χ1) is 34.5. The van der Waals surface area contributed by atoms with Crippen LogP contribution in [0.25, 0.3) is 0 Å². The van der Waals surface area contributed by atoms with Crippen LogP contribution in [-0.4, -0.2) is 68.5 Å². The van der Waals surface area contributed by atoms with Crippen molar-refractivity contribution in [2.75, 3.05) is 40.9 Å². The Morgan fingerprint density at radius 3 is 1.31 bits per heavy atom. The van der Waals surface area contributed by atoms with Crippen LogP contribution in [0.3, 0.4) is 0 Å². The number of allylic oxidation sites excluding steroid dienone is 15. The van der Waals surface area contributed by atoms with E-state index in [1.54, 1.807) is 6.08 Å². The largest absolute Gasteiger partial charge is 0.756 e. The van der Waals surface area contributed by atoms with Gasteiger partial charge >= 0.3 is 0 Å². The molecule has 3 unspecified atom stereocenters. The number of aliphatic hydroxyl groups is 1. The zero-order chi connectivity index (χ0) is 52.0. The summed E-state index contributed by atoms with van der Waals surface area (Å²) in [5.74, 6) is -0.214. The highest BCUT2D eigenvalue weighted by molar-refractivity contribution is 7.45. The Hall–Kier alpha value is -2.58. The molecule has 0 aliphatic carbocycles. The van der Waals surface area contributed by atoms with Crippen LogP contribution in [0, 0.1) is 0 Å². The minimum Gasteiger partial charge on any atom is -0.756 e. The van der Waals surface area contributed by atoms with Gasteiger partial charge in [0.2, 0.25) is 5.91 Å². The third kappa shape index (κ3) is 55.0. The van der Waals surface area contributed by atoms with Gasteiger partial charge in [-0.25, -0.2) is 0 Å². The molecular formula is C62H111N2O6P. The van der Waals surface area contributed by atoms with Gasteiger partial charge in [0.25, 0.3) is 7.82 Å². The minimum absolute atomic E-state index is 0.0124. The van der Waals surface area contributed by atoms with Gasteiger partial charge in [0, 0.05) is 6.42 Å². The van der Waals surface area contributed by atoms with E-state index >= 15 is 0 Å². The lowest BCUT2D eigenvalue weighted by atomic mass is 10.0. The molecule has 0 saturated heterocycles. The molecule has 0 radical (unpaired) electrons. The van der Waals surface area contributed by atoms with Gasteiger partial charge in [0.05, 0.1) is 39.9 Å². The van der Waals surface area contributed by atoms with Gasteiger partial charge < -0.3 is 28.8 Å². The van der Waals surface area contributed by atoms with Crippen molar-refractivity contribution in [3.05, 3.63) is 97.2 Å². The molecule has 0 aliphatic rings. The third-order valence-corrected chi connectivity index (χ3v) is 13.5. The topological polar surface area (TPSA) is 108 Å². The van der Waals surface area contributed by atoms with E-state index in [-0.39, 0.29) is 12.5 Å². The fraction of sp³-hybridized carbons (Fsp3) is 0.726. The molecule has 0 aromatic rings. The molecule has 410 valence electrons. The monoisotopic (exact) mass is 1010 g/mol. The molecule has 3 atom stereocenters. The first-order valence-corrected chi connectivity index (χ1v) is 30.6. The smallest absolute Gasteiger partial charge is 0.268 e. The summed E-state index contributed by atoms with van der Waals surface area (Å²) in [4.78, 5) is 25.5. The molecule has 0 bridgehead atoms. The van der Waals surface area contributed by atoms with Crippen molar-refractivity contribution in [3.8, 4) is 0 Å². The van der Waals surface area contributed by atoms with E-state index in [1.807, 2.05) is 27.2 Å². The van der Waals surface area contributed by atoms with Crippen LogP contribution >= 0.6 is 7.82 Å². The van der Waals surface area contributed by atoms with Gasteiger partial charge in [-0.05, 0) is 89.9 Å². The van der Waals surface area contributed by atoms with Crippen molar-refractivity contribution < 1.29 is 32.9 Å². The number of amides is 1. The number of carbonyl (C=O) groups excluding carboxylic acids is 1. The number of phosphoric acid groups is 1. The van der Waals surface area contributed by atoms with Crippen LogP contribution in [0.1, 0.15) is 239 Å². The van der Waals surface area contributed by atoms with Gasteiger partial charge in [-0.3, -0.25) is 9.36 Å². The molecule has 71 heavy (non-hydrogen) atoms. The second-order valence-corrected chi connectivity index (χ2v) is 22.0. The Morgan fingerprint density at radius 1 is 0.507 bits per heavy atom. The van der Waals surface area contributed by atoms with Crippen molar-refractivity contribution in [1.82, 2.24) is 5.32 Å². The molecule has 1 amide bonds. The number of hydrogen-bond acceptors (Lipinski definition) is 6. The number of phosphoric ester groups is 1. The maximum atomic E-state index is 13.0. The average Bonchev–Trinajstić information content (AvgIpc) is 3.33. The standard InChI is InChI=1S/C62H111N2O6P/c1-6-8-10-12-14-16-18-20-22-24-26-27-28-29-30-31-32-33-34-35-36-37-38-40-42-44-46-48-50-52-54-56-62(66)63-60(59-70-71(67,68)69-58-57-64(3,4)5)61(65)55-53-51-49-47-45-43-41-39-25-23-21-19-17-15-13-11-9-7-2/h8,10,14,16,20,22,25-27,29-30,39,45,47,53,55,60-61,65H,6-7,9,11-13,15,17-19,21,23-24,28,31-38,40-44,46,48-52,54,56-59H2,1-5H3,(H-,63,66,67,68)/b10-8-,16-14-,22-20-,27-26-,30-29-,39-25+,47-45+,55-53+. The van der Waals surface area contributed by atoms with E-state index in [1.165, 1.54) is 141 Å². The quantitative estimate of drug-likeness (QED) is 0.0272. The lowest BCUT2D eigenvalue weighted by molar-refractivity contribution is -0.870. The molecule has 0 saturated carbocycles. The predicted octanol–water partition coefficient (Wildman–Crippen LogP) is 17.2. The molecule has 9 heteroatoms. The number of aliphatic hydroxyl groups excluding tert-OH is 1. The molecule has 0 rings (SSSR count). The Kier molecular flexibility index (Phi) is 50.4. The first kappa shape index (κ1) is 68.4. The number of likely N-dealkylation sites (N-methyl/N-ethyl adjacent to an activating group) is 1. The Labute approximate surface area is 439 Å². The van der Waals surface area contributed by atoms with E-state index < -0.39 is 26.6 Å². The molecule has 0 aliphatic heterocycles. The Balaban J connectivity index is 4.20. The van der Waals surface area contributed by atoms with E-state index in [4.69, 9.17) is 9.05 Å². The van der Waals surface area contributed by atoms with Crippen LogP contribution in [0.4, 0.5) is 0 Å². The SMILES string of the molecule is CC/C=C\C/C=C\C/C=C\C/C=C\C/C=C\CCCCCCCCCCCCCCCCCC(=O)NC(COP(=O)([O-])OCC[N+](C)(C)C)C(O)/C=C/CC/C=C/CC/C=C/CCCCCCCCCC. The highest BCUT2D eigenvalue weighted by Crippen LogP contribution is 2.38. The second-order valence-electron chi connectivity index (χ2n) is 20.6. The van der Waals surface area contributed by atoms with E-state index in [9.17, 15) is 19.4 Å². The molecular weight excluding hydrogens is 900 g/mol. The zero-order valence-corrected chi connectivity index (χ0v) is 47.5. The van der Waals surface area contributed by atoms with Crippen LogP contribution in [-0.2, 0) is 18.4 Å². The summed E-state index contributed by atoms with van der Waals surface area (Å²) >= 11 is 0. The number of nitrogens with zero attached hydrogens (tertiary/aromatic N) is 1. The second kappa shape index (κ2) is 52.3. The van der Waals surface area contributed by atoms with Crippen molar-refractivity contribution in [2.24, 2.45) is 0 Å². The summed E-state index contributed by atoms with van der Waals surface area (Å²) in [7, 11) is 1.23. The number of rotatable bonds is 52. The van der Waals surface area contributed by atoms with Crippen LogP contribution in [0.15, 0.2) is 97.2 Å². The normalized spacial score (nSPS) is 14.6. The van der Waals surface area contributed by atoms with E-state index in [0.717, 1.165) is 77.0 Å². The van der Waals surface area contributed by atoms with Crippen LogP contribution in [0.2, 0.25) is 0 Å². The van der Waals surface area contributed by atoms with E-state index in [0.29, 0.717) is 17.4 Å². The highest BCUT2D eigenvalue weighted by atomic mass is 31.2. The maximum absolute atomic E-state index is 13.0. The summed E-state index contributed by atoms with van der Waals surface area (Å²) in [5.41, 5.74) is 0. The van der Waals surface area contributed by atoms with Crippen LogP contribution in [0.5, 0.6) is 0 Å². The molecule has 0 spiro atoms. The highest BCUT2D eigenvalue weighted by Gasteiger charge is 2.23. The number of hydrogen-bond donors (Lipinski definition) is 2. The summed E-state index contributed by atoms with van der Waals surface area (Å²) in [5, 5.41) is 13.9. The van der Waals surface area contributed by atoms with Gasteiger partial charge in [-0.2, -0.15) is 0 Å². The third-order valence-electron chi connectivity index (χ3n) is 12.5. The van der Waals surface area contributed by atoms with Crippen molar-refractivity contribution in [3.63, 3.8) is 0 Å². The van der Waals surface area contributed by atoms with Gasteiger partial charge in [0.1, 0.15) is 13.2 Å². The zero-order valence-electron chi connectivity index (χ0n) is 46.6. The van der Waals surface area contributed by atoms with Crippen molar-refractivity contribution in [2.45, 2.75) is 251 Å². The van der Waals surface area contributed by atoms with Crippen molar-refractivity contribution in [1.29, 1.82) is 0 Å². The molecule has 2 N–H and O–H groups in total. The minimum atomic E-state index is -4.61. The fourth-order valence-electron chi connectivity index (χ4n) is 7.98. The van der Waals surface area contributed by atoms with E-state index in [2.05, 4.69) is 104 Å². The Morgan fingerprint density at radius 2 is 0.873 bits per heavy atom. The molecule has 0 aromatic carbocycles. The average molecular weight is 1010 g/mol. The molecule has 0 aromatic heterocycles. The molecule has 8 nitrogen and oxygen atoms in total. The first-order valence-electron chi connectivity index (χ1n) is 29.1. The van der Waals surface area contributed by atoms with Gasteiger partial charge in [-0.1, -0.05) is 239 Å². The lowest BCUT2D eigenvalue weighted by Gasteiger charge is -2.29. The van der Waals surface area contributed by atoms with Gasteiger partial charge in [-0.15, -0.1) is 0 Å². The number of carbonyl (C=O) groups is 1. The van der Waals surface area contributed by atoms with Gasteiger partial charge in [0.15, 0.2) is 0 Å². The summed E-state index contributed by atoms with van der Waals surface area (Å²) in [6.07, 6.45) is 74.9. The summed E-state index contributed by atoms with van der Waals surface area (Å²) < 4.78 is 23.3. The molecule has 0 heterocycles.